The van der Waals surface area contributed by atoms with Gasteiger partial charge in [0.2, 0.25) is 0 Å². The van der Waals surface area contributed by atoms with Gasteiger partial charge in [-0.3, -0.25) is 0 Å². The number of thiophene rings is 1. The zero-order valence-corrected chi connectivity index (χ0v) is 30.1. The van der Waals surface area contributed by atoms with Gasteiger partial charge in [-0.15, -0.1) is 11.3 Å². The van der Waals surface area contributed by atoms with Crippen LogP contribution in [-0.4, -0.2) is 15.0 Å². The number of nitrogens with zero attached hydrogens (tertiary/aromatic N) is 3. The van der Waals surface area contributed by atoms with Crippen molar-refractivity contribution < 1.29 is 18.1 Å². The predicted molar refractivity (Wildman–Crippen MR) is 233 cm³/mol. The van der Waals surface area contributed by atoms with Gasteiger partial charge in [0.05, 0.1) is 13.7 Å². The molecule has 0 saturated carbocycles. The van der Waals surface area contributed by atoms with E-state index in [0.29, 0.717) is 56.1 Å². The van der Waals surface area contributed by atoms with Crippen molar-refractivity contribution in [3.63, 3.8) is 0 Å². The van der Waals surface area contributed by atoms with E-state index in [9.17, 15) is 11.0 Å². The van der Waals surface area contributed by atoms with E-state index in [1.54, 1.807) is 42.5 Å². The third-order valence-electron chi connectivity index (χ3n) is 9.73. The molecular formula is C51H31N3OS. The normalized spacial score (nSPS) is 14.1. The highest BCUT2D eigenvalue weighted by Crippen LogP contribution is 2.43. The molecule has 8 aromatic carbocycles. The molecule has 3 heterocycles. The molecule has 4 nitrogen and oxygen atoms in total. The summed E-state index contributed by atoms with van der Waals surface area (Å²) in [4.78, 5) is 14.5. The van der Waals surface area contributed by atoms with Gasteiger partial charge in [-0.25, -0.2) is 15.0 Å². The number of fused-ring (bicyclic) bond motifs is 6. The lowest BCUT2D eigenvalue weighted by atomic mass is 9.91. The van der Waals surface area contributed by atoms with Gasteiger partial charge in [0.25, 0.3) is 0 Å². The minimum atomic E-state index is -0.580. The van der Waals surface area contributed by atoms with Crippen LogP contribution in [0.1, 0.15) is 13.7 Å². The topological polar surface area (TPSA) is 51.8 Å². The Morgan fingerprint density at radius 3 is 1.82 bits per heavy atom. The molecule has 0 amide bonds. The first kappa shape index (κ1) is 23.5. The first-order valence-corrected chi connectivity index (χ1v) is 18.7. The number of aromatic nitrogens is 3. The summed E-state index contributed by atoms with van der Waals surface area (Å²) in [5.41, 5.74) is 3.83. The third-order valence-corrected chi connectivity index (χ3v) is 10.7. The van der Waals surface area contributed by atoms with E-state index < -0.39 is 30.2 Å². The average Bonchev–Trinajstić information content (AvgIpc) is 3.95. The molecule has 0 bridgehead atoms. The lowest BCUT2D eigenvalue weighted by molar-refractivity contribution is 0.669. The molecule has 0 aliphatic rings. The summed E-state index contributed by atoms with van der Waals surface area (Å²) in [5.74, 6) is 1.28. The second-order valence-electron chi connectivity index (χ2n) is 13.2. The Morgan fingerprint density at radius 1 is 0.411 bits per heavy atom. The lowest BCUT2D eigenvalue weighted by Gasteiger charge is -2.12. The van der Waals surface area contributed by atoms with E-state index in [0.717, 1.165) is 22.5 Å². The quantitative estimate of drug-likeness (QED) is 0.170. The van der Waals surface area contributed by atoms with Crippen molar-refractivity contribution in [2.75, 3.05) is 0 Å². The Bertz CT molecular complexity index is 3780. The fourth-order valence-electron chi connectivity index (χ4n) is 7.10. The number of hydrogen-bond acceptors (Lipinski definition) is 5. The van der Waals surface area contributed by atoms with Crippen LogP contribution in [0.3, 0.4) is 0 Å². The van der Waals surface area contributed by atoms with Crippen molar-refractivity contribution in [1.29, 1.82) is 0 Å². The van der Waals surface area contributed by atoms with E-state index in [-0.39, 0.29) is 72.6 Å². The molecule has 11 aromatic rings. The number of benzene rings is 8. The third kappa shape index (κ3) is 5.56. The molecule has 0 aliphatic carbocycles. The van der Waals surface area contributed by atoms with Gasteiger partial charge in [0.1, 0.15) is 11.2 Å². The molecule has 262 valence electrons. The van der Waals surface area contributed by atoms with Crippen LogP contribution in [-0.2, 0) is 0 Å². The summed E-state index contributed by atoms with van der Waals surface area (Å²) in [6.45, 7) is 0. The minimum Gasteiger partial charge on any atom is -0.456 e. The highest BCUT2D eigenvalue weighted by atomic mass is 32.1. The van der Waals surface area contributed by atoms with Gasteiger partial charge in [-0.2, -0.15) is 0 Å². The van der Waals surface area contributed by atoms with Gasteiger partial charge < -0.3 is 4.42 Å². The van der Waals surface area contributed by atoms with Crippen molar-refractivity contribution in [3.05, 3.63) is 188 Å². The monoisotopic (exact) mass is 743 g/mol. The van der Waals surface area contributed by atoms with Gasteiger partial charge in [0, 0.05) is 47.6 Å². The maximum absolute atomic E-state index is 9.77. The van der Waals surface area contributed by atoms with Crippen LogP contribution in [0.5, 0.6) is 0 Å². The van der Waals surface area contributed by atoms with Crippen molar-refractivity contribution in [2.24, 2.45) is 0 Å². The second-order valence-corrected chi connectivity index (χ2v) is 14.2. The molecule has 0 saturated heterocycles. The Labute approximate surface area is 341 Å². The van der Waals surface area contributed by atoms with Crippen LogP contribution in [0, 0.1) is 0 Å². The highest BCUT2D eigenvalue weighted by Gasteiger charge is 2.17. The summed E-state index contributed by atoms with van der Waals surface area (Å²) in [5, 5.41) is 1.41. The van der Waals surface area contributed by atoms with Gasteiger partial charge in [0.15, 0.2) is 17.5 Å². The SMILES string of the molecule is [2H]c1c([2H])c([2H])c(-c2cccc3oc4ccccc4c23)c(-c2c([2H])c([2H])c3sc4c([2H])c(-c5cccc(-c6nc(-c7ccccc7)nc(-c7ccccc7)n6)c5)c([2H])c([2H])c4c3c2[2H])c1[2H]. The molecule has 11 rings (SSSR count). The van der Waals surface area contributed by atoms with E-state index in [2.05, 4.69) is 0 Å². The van der Waals surface area contributed by atoms with Crippen LogP contribution < -0.4 is 0 Å². The molecule has 0 unspecified atom stereocenters. The van der Waals surface area contributed by atoms with Crippen molar-refractivity contribution >= 4 is 53.4 Å². The van der Waals surface area contributed by atoms with E-state index in [1.807, 2.05) is 84.9 Å². The maximum atomic E-state index is 9.77. The molecule has 0 radical (unpaired) electrons. The van der Waals surface area contributed by atoms with Crippen LogP contribution in [0.2, 0.25) is 0 Å². The number of hydrogen-bond donors (Lipinski definition) is 0. The van der Waals surface area contributed by atoms with Crippen molar-refractivity contribution in [2.45, 2.75) is 0 Å². The maximum Gasteiger partial charge on any atom is 0.164 e. The van der Waals surface area contributed by atoms with E-state index in [1.165, 1.54) is 0 Å². The van der Waals surface area contributed by atoms with Crippen molar-refractivity contribution in [3.8, 4) is 67.5 Å². The zero-order chi connectivity index (χ0) is 45.7. The summed E-state index contributed by atoms with van der Waals surface area (Å²) in [7, 11) is 0. The van der Waals surface area contributed by atoms with Crippen LogP contribution >= 0.6 is 11.3 Å². The number of furan rings is 1. The summed E-state index contributed by atoms with van der Waals surface area (Å²) < 4.78 is 99.5. The molecule has 0 N–H and O–H groups in total. The van der Waals surface area contributed by atoms with Crippen LogP contribution in [0.4, 0.5) is 0 Å². The number of para-hydroxylation sites is 1. The van der Waals surface area contributed by atoms with Gasteiger partial charge >= 0.3 is 0 Å². The van der Waals surface area contributed by atoms with Gasteiger partial charge in [-0.1, -0.05) is 151 Å². The molecular weight excluding hydrogens is 703 g/mol. The van der Waals surface area contributed by atoms with Crippen molar-refractivity contribution in [1.82, 2.24) is 15.0 Å². The molecule has 0 aliphatic heterocycles. The Kier molecular flexibility index (Phi) is 5.58. The summed E-state index contributed by atoms with van der Waals surface area (Å²) >= 11 is 0.982. The van der Waals surface area contributed by atoms with E-state index in [4.69, 9.17) is 22.1 Å². The summed E-state index contributed by atoms with van der Waals surface area (Å²) in [6.07, 6.45) is 0. The van der Waals surface area contributed by atoms with E-state index >= 15 is 0 Å². The summed E-state index contributed by atoms with van der Waals surface area (Å²) in [6, 6.07) is 34.8. The number of rotatable bonds is 6. The Balaban J connectivity index is 1.12. The zero-order valence-electron chi connectivity index (χ0n) is 39.3. The first-order chi connectivity index (χ1) is 31.9. The van der Waals surface area contributed by atoms with Crippen LogP contribution in [0.25, 0.3) is 110 Å². The van der Waals surface area contributed by atoms with Gasteiger partial charge in [-0.05, 0) is 69.7 Å². The Hall–Kier alpha value is -7.21. The largest absolute Gasteiger partial charge is 0.456 e. The molecule has 56 heavy (non-hydrogen) atoms. The lowest BCUT2D eigenvalue weighted by Crippen LogP contribution is -2.00. The molecule has 0 spiro atoms. The predicted octanol–water partition coefficient (Wildman–Crippen LogP) is 14.1. The Morgan fingerprint density at radius 2 is 1.04 bits per heavy atom. The molecule has 5 heteroatoms. The molecule has 0 atom stereocenters. The minimum absolute atomic E-state index is 0.0269. The fourth-order valence-corrected chi connectivity index (χ4v) is 8.07. The second kappa shape index (κ2) is 13.3. The fraction of sp³-hybridized carbons (Fsp3) is 0. The highest BCUT2D eigenvalue weighted by molar-refractivity contribution is 7.25. The first-order valence-electron chi connectivity index (χ1n) is 22.9. The molecule has 0 fully saturated rings. The average molecular weight is 744 g/mol. The standard InChI is InChI=1S/C51H31N3OS/c1-3-13-32(14-4-1)49-52-50(33-15-5-2-6-16-33)54-51(53-49)37-18-11-17-34(29-37)35-25-27-40-43-30-36(26-28-46(43)56-47(40)31-35)38-19-7-8-20-39(38)41-22-12-24-45-48(41)42-21-9-10-23-44(42)55-45/h1-31H/i7D,8D,19D,20D,25D,26D,27D,28D,30D,31D. The van der Waals surface area contributed by atoms with Crippen LogP contribution in [0.15, 0.2) is 192 Å². The smallest absolute Gasteiger partial charge is 0.164 e. The molecule has 3 aromatic heterocycles.